The molecular formula is C12H17NO2S. The van der Waals surface area contributed by atoms with Crippen molar-refractivity contribution in [3.8, 4) is 0 Å². The van der Waals surface area contributed by atoms with E-state index in [1.165, 1.54) is 5.56 Å². The molecule has 0 unspecified atom stereocenters. The Morgan fingerprint density at radius 3 is 3.06 bits per heavy atom. The number of ether oxygens (including phenoxy) is 2. The minimum Gasteiger partial charge on any atom is -0.345 e. The Morgan fingerprint density at radius 2 is 2.31 bits per heavy atom. The zero-order chi connectivity index (χ0) is 11.2. The summed E-state index contributed by atoms with van der Waals surface area (Å²) in [5.74, 6) is 0. The summed E-state index contributed by atoms with van der Waals surface area (Å²) >= 11 is 1.69. The van der Waals surface area contributed by atoms with Crippen LogP contribution in [0.5, 0.6) is 0 Å². The second kappa shape index (κ2) is 6.15. The van der Waals surface area contributed by atoms with E-state index in [-0.39, 0.29) is 6.29 Å². The van der Waals surface area contributed by atoms with E-state index in [1.807, 2.05) is 7.05 Å². The van der Waals surface area contributed by atoms with Crippen LogP contribution in [0.25, 0.3) is 6.08 Å². The van der Waals surface area contributed by atoms with Crippen molar-refractivity contribution in [2.24, 2.45) is 0 Å². The van der Waals surface area contributed by atoms with Crippen LogP contribution in [0, 0.1) is 0 Å². The van der Waals surface area contributed by atoms with Crippen molar-refractivity contribution >= 4 is 17.4 Å². The van der Waals surface area contributed by atoms with Gasteiger partial charge in [-0.15, -0.1) is 11.3 Å². The molecule has 1 aromatic rings. The molecule has 2 heterocycles. The molecule has 16 heavy (non-hydrogen) atoms. The fourth-order valence-corrected chi connectivity index (χ4v) is 2.42. The van der Waals surface area contributed by atoms with Crippen LogP contribution in [-0.4, -0.2) is 26.8 Å². The highest BCUT2D eigenvalue weighted by atomic mass is 32.1. The third kappa shape index (κ3) is 3.15. The van der Waals surface area contributed by atoms with Crippen molar-refractivity contribution in [2.45, 2.75) is 12.7 Å². The van der Waals surface area contributed by atoms with Crippen LogP contribution < -0.4 is 5.32 Å². The summed E-state index contributed by atoms with van der Waals surface area (Å²) in [6.07, 6.45) is 5.24. The third-order valence-electron chi connectivity index (χ3n) is 2.37. The maximum atomic E-state index is 5.45. The first-order valence-electron chi connectivity index (χ1n) is 5.53. The predicted octanol–water partition coefficient (Wildman–Crippen LogP) is 2.42. The van der Waals surface area contributed by atoms with Gasteiger partial charge in [0.25, 0.3) is 0 Å². The standard InChI is InChI=1S/C12H17NO2S/c1-13-5-3-2-4-10-8-11(16-9-10)12-14-6-7-15-12/h2,4,8-9,12-13H,3,5-7H2,1H3. The molecule has 3 nitrogen and oxygen atoms in total. The molecule has 0 amide bonds. The maximum absolute atomic E-state index is 5.45. The molecule has 1 aromatic heterocycles. The van der Waals surface area contributed by atoms with Gasteiger partial charge in [0.1, 0.15) is 0 Å². The van der Waals surface area contributed by atoms with Gasteiger partial charge >= 0.3 is 0 Å². The van der Waals surface area contributed by atoms with Gasteiger partial charge in [-0.25, -0.2) is 0 Å². The average molecular weight is 239 g/mol. The number of hydrogen-bond acceptors (Lipinski definition) is 4. The SMILES string of the molecule is CNCCC=Cc1csc(C2OCCO2)c1. The molecule has 0 aliphatic carbocycles. The van der Waals surface area contributed by atoms with E-state index in [4.69, 9.17) is 9.47 Å². The Labute approximate surface area is 100 Å². The highest BCUT2D eigenvalue weighted by Crippen LogP contribution is 2.29. The van der Waals surface area contributed by atoms with E-state index in [1.54, 1.807) is 11.3 Å². The lowest BCUT2D eigenvalue weighted by Gasteiger charge is -2.04. The van der Waals surface area contributed by atoms with Crippen molar-refractivity contribution < 1.29 is 9.47 Å². The maximum Gasteiger partial charge on any atom is 0.193 e. The van der Waals surface area contributed by atoms with Crippen LogP contribution in [0.4, 0.5) is 0 Å². The number of hydrogen-bond donors (Lipinski definition) is 1. The van der Waals surface area contributed by atoms with Gasteiger partial charge in [-0.1, -0.05) is 12.2 Å². The molecule has 1 saturated heterocycles. The van der Waals surface area contributed by atoms with Crippen molar-refractivity contribution in [1.82, 2.24) is 5.32 Å². The molecule has 0 saturated carbocycles. The largest absolute Gasteiger partial charge is 0.345 e. The summed E-state index contributed by atoms with van der Waals surface area (Å²) in [5.41, 5.74) is 1.23. The smallest absolute Gasteiger partial charge is 0.193 e. The van der Waals surface area contributed by atoms with E-state index >= 15 is 0 Å². The molecule has 1 N–H and O–H groups in total. The van der Waals surface area contributed by atoms with Gasteiger partial charge in [-0.05, 0) is 37.0 Å². The quantitative estimate of drug-likeness (QED) is 0.800. The van der Waals surface area contributed by atoms with Crippen LogP contribution in [-0.2, 0) is 9.47 Å². The normalized spacial score (nSPS) is 17.6. The molecular weight excluding hydrogens is 222 g/mol. The first kappa shape index (κ1) is 11.8. The number of thiophene rings is 1. The van der Waals surface area contributed by atoms with Crippen LogP contribution in [0.3, 0.4) is 0 Å². The molecule has 4 heteroatoms. The summed E-state index contributed by atoms with van der Waals surface area (Å²) in [5, 5.41) is 5.25. The van der Waals surface area contributed by atoms with Crippen LogP contribution in [0.2, 0.25) is 0 Å². The van der Waals surface area contributed by atoms with Crippen molar-refractivity contribution in [2.75, 3.05) is 26.8 Å². The highest BCUT2D eigenvalue weighted by molar-refractivity contribution is 7.10. The van der Waals surface area contributed by atoms with Crippen molar-refractivity contribution in [3.63, 3.8) is 0 Å². The Balaban J connectivity index is 1.88. The second-order valence-electron chi connectivity index (χ2n) is 3.65. The van der Waals surface area contributed by atoms with Gasteiger partial charge in [0.05, 0.1) is 18.1 Å². The number of nitrogens with one attached hydrogen (secondary N) is 1. The molecule has 2 rings (SSSR count). The summed E-state index contributed by atoms with van der Waals surface area (Å²) in [4.78, 5) is 1.16. The Bertz CT molecular complexity index is 343. The van der Waals surface area contributed by atoms with Crippen LogP contribution >= 0.6 is 11.3 Å². The molecule has 0 atom stereocenters. The molecule has 0 radical (unpaired) electrons. The van der Waals surface area contributed by atoms with Crippen LogP contribution in [0.15, 0.2) is 17.5 Å². The first-order valence-corrected chi connectivity index (χ1v) is 6.41. The molecule has 0 spiro atoms. The van der Waals surface area contributed by atoms with Gasteiger partial charge in [-0.3, -0.25) is 0 Å². The minimum absolute atomic E-state index is 0.135. The first-order chi connectivity index (χ1) is 7.90. The van der Waals surface area contributed by atoms with E-state index in [0.29, 0.717) is 13.2 Å². The van der Waals surface area contributed by atoms with Crippen LogP contribution in [0.1, 0.15) is 23.2 Å². The fraction of sp³-hybridized carbons (Fsp3) is 0.500. The predicted molar refractivity (Wildman–Crippen MR) is 66.5 cm³/mol. The average Bonchev–Trinajstić information content (AvgIpc) is 2.94. The van der Waals surface area contributed by atoms with E-state index in [9.17, 15) is 0 Å². The lowest BCUT2D eigenvalue weighted by Crippen LogP contribution is -2.05. The lowest BCUT2D eigenvalue weighted by atomic mass is 10.2. The van der Waals surface area contributed by atoms with Gasteiger partial charge in [0.2, 0.25) is 0 Å². The molecule has 0 aromatic carbocycles. The summed E-state index contributed by atoms with van der Waals surface area (Å²) in [6, 6.07) is 2.14. The summed E-state index contributed by atoms with van der Waals surface area (Å²) < 4.78 is 10.9. The van der Waals surface area contributed by atoms with E-state index < -0.39 is 0 Å². The zero-order valence-electron chi connectivity index (χ0n) is 9.44. The monoisotopic (exact) mass is 239 g/mol. The molecule has 1 fully saturated rings. The topological polar surface area (TPSA) is 30.5 Å². The third-order valence-corrected chi connectivity index (χ3v) is 3.34. The Kier molecular flexibility index (Phi) is 4.54. The molecule has 1 aliphatic heterocycles. The molecule has 88 valence electrons. The molecule has 0 bridgehead atoms. The van der Waals surface area contributed by atoms with Crippen molar-refractivity contribution in [3.05, 3.63) is 28.0 Å². The van der Waals surface area contributed by atoms with E-state index in [2.05, 4.69) is 28.9 Å². The highest BCUT2D eigenvalue weighted by Gasteiger charge is 2.19. The van der Waals surface area contributed by atoms with Gasteiger partial charge in [0, 0.05) is 0 Å². The van der Waals surface area contributed by atoms with Crippen molar-refractivity contribution in [1.29, 1.82) is 0 Å². The van der Waals surface area contributed by atoms with Gasteiger partial charge in [0.15, 0.2) is 6.29 Å². The van der Waals surface area contributed by atoms with Gasteiger partial charge < -0.3 is 14.8 Å². The summed E-state index contributed by atoms with van der Waals surface area (Å²) in [6.45, 7) is 2.42. The Morgan fingerprint density at radius 1 is 1.50 bits per heavy atom. The lowest BCUT2D eigenvalue weighted by molar-refractivity contribution is -0.0413. The fourth-order valence-electron chi connectivity index (χ4n) is 1.55. The zero-order valence-corrected chi connectivity index (χ0v) is 10.3. The second-order valence-corrected chi connectivity index (χ2v) is 4.59. The minimum atomic E-state index is -0.135. The van der Waals surface area contributed by atoms with Gasteiger partial charge in [-0.2, -0.15) is 0 Å². The molecule has 1 aliphatic rings. The summed E-state index contributed by atoms with van der Waals surface area (Å²) in [7, 11) is 1.96. The Hall–Kier alpha value is -0.680. The number of rotatable bonds is 5. The van der Waals surface area contributed by atoms with E-state index in [0.717, 1.165) is 17.8 Å².